The van der Waals surface area contributed by atoms with Gasteiger partial charge in [-0.1, -0.05) is 12.1 Å². The van der Waals surface area contributed by atoms with Crippen molar-refractivity contribution in [2.24, 2.45) is 0 Å². The molecule has 1 aliphatic rings. The number of methoxy groups -OCH3 is 1. The largest absolute Gasteiger partial charge is 0.506 e. The van der Waals surface area contributed by atoms with Crippen LogP contribution in [-0.4, -0.2) is 61.1 Å². The van der Waals surface area contributed by atoms with E-state index in [2.05, 4.69) is 15.1 Å². The molecule has 0 aliphatic carbocycles. The highest BCUT2D eigenvalue weighted by Gasteiger charge is 2.21. The van der Waals surface area contributed by atoms with Crippen LogP contribution in [0.3, 0.4) is 0 Å². The number of hydrogen-bond donors (Lipinski definition) is 2. The van der Waals surface area contributed by atoms with Crippen LogP contribution in [0.2, 0.25) is 0 Å². The molecular formula is C15H23N3O2S. The summed E-state index contributed by atoms with van der Waals surface area (Å²) in [5.74, 6) is 0.334. The highest BCUT2D eigenvalue weighted by atomic mass is 32.1. The molecule has 1 fully saturated rings. The number of para-hydroxylation sites is 2. The number of hydrogen-bond acceptors (Lipinski definition) is 4. The van der Waals surface area contributed by atoms with E-state index in [1.165, 1.54) is 0 Å². The van der Waals surface area contributed by atoms with Gasteiger partial charge in [0.1, 0.15) is 5.75 Å². The summed E-state index contributed by atoms with van der Waals surface area (Å²) >= 11 is 5.44. The molecule has 1 atom stereocenters. The van der Waals surface area contributed by atoms with E-state index in [1.807, 2.05) is 25.1 Å². The van der Waals surface area contributed by atoms with Crippen LogP contribution in [0, 0.1) is 0 Å². The van der Waals surface area contributed by atoms with Crippen molar-refractivity contribution >= 4 is 23.0 Å². The van der Waals surface area contributed by atoms with E-state index in [-0.39, 0.29) is 6.04 Å². The van der Waals surface area contributed by atoms with Crippen LogP contribution in [0.1, 0.15) is 6.92 Å². The molecule has 2 rings (SSSR count). The summed E-state index contributed by atoms with van der Waals surface area (Å²) < 4.78 is 5.10. The van der Waals surface area contributed by atoms with Crippen LogP contribution in [0.15, 0.2) is 24.3 Å². The van der Waals surface area contributed by atoms with Gasteiger partial charge in [0, 0.05) is 39.3 Å². The number of nitrogens with one attached hydrogen (secondary N) is 1. The van der Waals surface area contributed by atoms with Crippen LogP contribution >= 0.6 is 12.2 Å². The second-order valence-corrected chi connectivity index (χ2v) is 5.66. The lowest BCUT2D eigenvalue weighted by Gasteiger charge is -2.38. The second-order valence-electron chi connectivity index (χ2n) is 5.27. The summed E-state index contributed by atoms with van der Waals surface area (Å²) in [5, 5.41) is 14.0. The standard InChI is InChI=1S/C15H23N3O2S/c1-12(11-20-2)16-15(21)18-9-7-17(8-10-18)13-5-3-4-6-14(13)19/h3-6,12,19H,7-11H2,1-2H3,(H,16,21). The van der Waals surface area contributed by atoms with E-state index in [4.69, 9.17) is 17.0 Å². The van der Waals surface area contributed by atoms with Gasteiger partial charge in [-0.05, 0) is 31.3 Å². The number of anilines is 1. The number of thiocarbonyl (C=S) groups is 1. The Morgan fingerprint density at radius 2 is 2.00 bits per heavy atom. The molecule has 1 unspecified atom stereocenters. The number of nitrogens with zero attached hydrogens (tertiary/aromatic N) is 2. The first-order valence-electron chi connectivity index (χ1n) is 7.19. The van der Waals surface area contributed by atoms with Crippen molar-refractivity contribution in [2.45, 2.75) is 13.0 Å². The summed E-state index contributed by atoms with van der Waals surface area (Å²) in [6, 6.07) is 7.66. The average Bonchev–Trinajstić information content (AvgIpc) is 2.48. The highest BCUT2D eigenvalue weighted by Crippen LogP contribution is 2.27. The average molecular weight is 309 g/mol. The number of ether oxygens (including phenoxy) is 1. The number of phenolic OH excluding ortho intramolecular Hbond substituents is 1. The number of rotatable bonds is 4. The molecule has 2 N–H and O–H groups in total. The van der Waals surface area contributed by atoms with Gasteiger partial charge in [-0.2, -0.15) is 0 Å². The van der Waals surface area contributed by atoms with Gasteiger partial charge in [-0.25, -0.2) is 0 Å². The predicted octanol–water partition coefficient (Wildman–Crippen LogP) is 1.42. The Hall–Kier alpha value is -1.53. The molecule has 1 aliphatic heterocycles. The molecule has 0 radical (unpaired) electrons. The SMILES string of the molecule is COCC(C)NC(=S)N1CCN(c2ccccc2O)CC1. The van der Waals surface area contributed by atoms with Gasteiger partial charge in [-0.3, -0.25) is 0 Å². The van der Waals surface area contributed by atoms with Crippen molar-refractivity contribution in [1.29, 1.82) is 0 Å². The zero-order chi connectivity index (χ0) is 15.2. The Kier molecular flexibility index (Phi) is 5.64. The molecule has 0 spiro atoms. The smallest absolute Gasteiger partial charge is 0.169 e. The Bertz CT molecular complexity index is 476. The summed E-state index contributed by atoms with van der Waals surface area (Å²) in [6.45, 7) is 6.07. The lowest BCUT2D eigenvalue weighted by Crippen LogP contribution is -2.53. The van der Waals surface area contributed by atoms with E-state index in [0.29, 0.717) is 12.4 Å². The third-order valence-electron chi connectivity index (χ3n) is 3.58. The van der Waals surface area contributed by atoms with Crippen LogP contribution in [0.25, 0.3) is 0 Å². The molecule has 1 aromatic rings. The molecule has 21 heavy (non-hydrogen) atoms. The Morgan fingerprint density at radius 3 is 2.62 bits per heavy atom. The minimum atomic E-state index is 0.207. The van der Waals surface area contributed by atoms with Crippen molar-refractivity contribution in [2.75, 3.05) is 44.8 Å². The molecule has 116 valence electrons. The summed E-state index contributed by atoms with van der Waals surface area (Å²) in [5.41, 5.74) is 0.892. The Morgan fingerprint density at radius 1 is 1.33 bits per heavy atom. The van der Waals surface area contributed by atoms with Gasteiger partial charge in [0.05, 0.1) is 12.3 Å². The first kappa shape index (κ1) is 15.9. The quantitative estimate of drug-likeness (QED) is 0.821. The van der Waals surface area contributed by atoms with Crippen LogP contribution in [0.4, 0.5) is 5.69 Å². The predicted molar refractivity (Wildman–Crippen MR) is 89.0 cm³/mol. The monoisotopic (exact) mass is 309 g/mol. The van der Waals surface area contributed by atoms with E-state index in [1.54, 1.807) is 13.2 Å². The van der Waals surface area contributed by atoms with Crippen molar-refractivity contribution in [3.8, 4) is 5.75 Å². The molecule has 1 saturated heterocycles. The molecule has 0 aromatic heterocycles. The summed E-state index contributed by atoms with van der Waals surface area (Å²) in [7, 11) is 1.69. The van der Waals surface area contributed by atoms with Crippen molar-refractivity contribution in [3.05, 3.63) is 24.3 Å². The maximum absolute atomic E-state index is 9.91. The van der Waals surface area contributed by atoms with Crippen LogP contribution in [0.5, 0.6) is 5.75 Å². The lowest BCUT2D eigenvalue weighted by atomic mass is 10.2. The van der Waals surface area contributed by atoms with Crippen molar-refractivity contribution in [1.82, 2.24) is 10.2 Å². The lowest BCUT2D eigenvalue weighted by molar-refractivity contribution is 0.177. The fraction of sp³-hybridized carbons (Fsp3) is 0.533. The van der Waals surface area contributed by atoms with E-state index in [0.717, 1.165) is 37.0 Å². The number of phenols is 1. The van der Waals surface area contributed by atoms with Gasteiger partial charge in [-0.15, -0.1) is 0 Å². The molecule has 5 nitrogen and oxygen atoms in total. The molecule has 1 aromatic carbocycles. The number of piperazine rings is 1. The van der Waals surface area contributed by atoms with Gasteiger partial charge in [0.2, 0.25) is 0 Å². The van der Waals surface area contributed by atoms with Gasteiger partial charge >= 0.3 is 0 Å². The maximum Gasteiger partial charge on any atom is 0.169 e. The zero-order valence-corrected chi connectivity index (χ0v) is 13.4. The third kappa shape index (κ3) is 4.22. The fourth-order valence-electron chi connectivity index (χ4n) is 2.48. The highest BCUT2D eigenvalue weighted by molar-refractivity contribution is 7.80. The molecular weight excluding hydrogens is 286 g/mol. The third-order valence-corrected chi connectivity index (χ3v) is 3.95. The van der Waals surface area contributed by atoms with Crippen LogP contribution in [-0.2, 0) is 4.74 Å². The van der Waals surface area contributed by atoms with Crippen molar-refractivity contribution in [3.63, 3.8) is 0 Å². The van der Waals surface area contributed by atoms with E-state index in [9.17, 15) is 5.11 Å². The molecule has 6 heteroatoms. The second kappa shape index (κ2) is 7.47. The molecule has 1 heterocycles. The fourth-order valence-corrected chi connectivity index (χ4v) is 2.86. The first-order chi connectivity index (χ1) is 10.1. The summed E-state index contributed by atoms with van der Waals surface area (Å²) in [6.07, 6.45) is 0. The normalized spacial score (nSPS) is 16.7. The maximum atomic E-state index is 9.91. The number of benzene rings is 1. The minimum absolute atomic E-state index is 0.207. The number of aromatic hydroxyl groups is 1. The topological polar surface area (TPSA) is 48.0 Å². The zero-order valence-electron chi connectivity index (χ0n) is 12.6. The minimum Gasteiger partial charge on any atom is -0.506 e. The van der Waals surface area contributed by atoms with Gasteiger partial charge in [0.15, 0.2) is 5.11 Å². The first-order valence-corrected chi connectivity index (χ1v) is 7.60. The van der Waals surface area contributed by atoms with Crippen LogP contribution < -0.4 is 10.2 Å². The van der Waals surface area contributed by atoms with E-state index < -0.39 is 0 Å². The Labute approximate surface area is 131 Å². The molecule has 0 bridgehead atoms. The van der Waals surface area contributed by atoms with E-state index >= 15 is 0 Å². The molecule has 0 saturated carbocycles. The van der Waals surface area contributed by atoms with Crippen molar-refractivity contribution < 1.29 is 9.84 Å². The Balaban J connectivity index is 1.86. The van der Waals surface area contributed by atoms with Gasteiger partial charge in [0.25, 0.3) is 0 Å². The van der Waals surface area contributed by atoms with Gasteiger partial charge < -0.3 is 25.0 Å². The molecule has 0 amide bonds. The summed E-state index contributed by atoms with van der Waals surface area (Å²) in [4.78, 5) is 4.35.